The van der Waals surface area contributed by atoms with Crippen LogP contribution in [0.1, 0.15) is 26.2 Å². The van der Waals surface area contributed by atoms with Crippen molar-refractivity contribution >= 4 is 27.3 Å². The Hall–Kier alpha value is -2.24. The van der Waals surface area contributed by atoms with Crippen molar-refractivity contribution in [1.82, 2.24) is 4.90 Å². The number of carbonyl (C=O) groups excluding carboxylic acids is 1. The Balaban J connectivity index is 1.93. The minimum Gasteiger partial charge on any atom is -0.379 e. The molecule has 0 radical (unpaired) electrons. The first-order valence-corrected chi connectivity index (χ1v) is 10.2. The molecule has 1 fully saturated rings. The Morgan fingerprint density at radius 1 is 1.41 bits per heavy atom. The van der Waals surface area contributed by atoms with Gasteiger partial charge in [-0.05, 0) is 37.8 Å². The lowest BCUT2D eigenvalue weighted by Crippen LogP contribution is -2.42. The lowest BCUT2D eigenvalue weighted by Gasteiger charge is -2.33. The van der Waals surface area contributed by atoms with E-state index in [0.29, 0.717) is 19.0 Å². The highest BCUT2D eigenvalue weighted by atomic mass is 32.2. The van der Waals surface area contributed by atoms with Gasteiger partial charge in [-0.2, -0.15) is 0 Å². The predicted octanol–water partition coefficient (Wildman–Crippen LogP) is 0.630. The SMILES string of the molecule is CC(N)C1CCN(C(=O)CCNc2ccc(S(N)(=O)=O)cc2[N+](=O)[O-])CC1. The van der Waals surface area contributed by atoms with Gasteiger partial charge in [0.25, 0.3) is 5.69 Å². The fourth-order valence-electron chi connectivity index (χ4n) is 3.13. The van der Waals surface area contributed by atoms with Gasteiger partial charge in [0, 0.05) is 38.2 Å². The maximum atomic E-state index is 12.3. The fraction of sp³-hybridized carbons (Fsp3) is 0.562. The highest BCUT2D eigenvalue weighted by molar-refractivity contribution is 7.89. The molecule has 0 bridgehead atoms. The summed E-state index contributed by atoms with van der Waals surface area (Å²) in [6.07, 6.45) is 1.92. The van der Waals surface area contributed by atoms with Crippen LogP contribution in [0.25, 0.3) is 0 Å². The molecular weight excluding hydrogens is 374 g/mol. The van der Waals surface area contributed by atoms with Gasteiger partial charge in [-0.15, -0.1) is 0 Å². The average Bonchev–Trinajstić information content (AvgIpc) is 2.60. The van der Waals surface area contributed by atoms with Gasteiger partial charge >= 0.3 is 0 Å². The number of rotatable bonds is 7. The molecule has 27 heavy (non-hydrogen) atoms. The van der Waals surface area contributed by atoms with Crippen LogP contribution in [0.3, 0.4) is 0 Å². The zero-order valence-corrected chi connectivity index (χ0v) is 15.9. The number of anilines is 1. The van der Waals surface area contributed by atoms with Crippen LogP contribution in [0.2, 0.25) is 0 Å². The zero-order chi connectivity index (χ0) is 20.2. The van der Waals surface area contributed by atoms with E-state index in [-0.39, 0.29) is 35.5 Å². The van der Waals surface area contributed by atoms with Crippen LogP contribution in [-0.2, 0) is 14.8 Å². The van der Waals surface area contributed by atoms with Crippen LogP contribution >= 0.6 is 0 Å². The number of nitrogens with zero attached hydrogens (tertiary/aromatic N) is 2. The number of hydrogen-bond donors (Lipinski definition) is 3. The van der Waals surface area contributed by atoms with E-state index >= 15 is 0 Å². The number of sulfonamides is 1. The van der Waals surface area contributed by atoms with Crippen molar-refractivity contribution in [1.29, 1.82) is 0 Å². The fourth-order valence-corrected chi connectivity index (χ4v) is 3.66. The van der Waals surface area contributed by atoms with Crippen LogP contribution in [-0.4, -0.2) is 49.8 Å². The number of nitro benzene ring substituents is 1. The molecular formula is C16H25N5O5S. The van der Waals surface area contributed by atoms with Gasteiger partial charge in [-0.1, -0.05) is 0 Å². The number of piperidine rings is 1. The number of likely N-dealkylation sites (tertiary alicyclic amines) is 1. The van der Waals surface area contributed by atoms with Crippen molar-refractivity contribution in [3.8, 4) is 0 Å². The van der Waals surface area contributed by atoms with E-state index in [1.54, 1.807) is 4.90 Å². The van der Waals surface area contributed by atoms with E-state index in [1.165, 1.54) is 12.1 Å². The minimum absolute atomic E-state index is 0.0329. The van der Waals surface area contributed by atoms with Crippen molar-refractivity contribution in [3.05, 3.63) is 28.3 Å². The van der Waals surface area contributed by atoms with Crippen LogP contribution in [0.5, 0.6) is 0 Å². The summed E-state index contributed by atoms with van der Waals surface area (Å²) in [7, 11) is -4.04. The third-order valence-electron chi connectivity index (χ3n) is 4.78. The van der Waals surface area contributed by atoms with Crippen molar-refractivity contribution in [2.45, 2.75) is 37.1 Å². The largest absolute Gasteiger partial charge is 0.379 e. The maximum absolute atomic E-state index is 12.3. The van der Waals surface area contributed by atoms with Crippen LogP contribution in [0.15, 0.2) is 23.1 Å². The molecule has 11 heteroatoms. The van der Waals surface area contributed by atoms with Crippen LogP contribution in [0, 0.1) is 16.0 Å². The average molecular weight is 399 g/mol. The Morgan fingerprint density at radius 2 is 2.04 bits per heavy atom. The molecule has 1 aromatic rings. The first-order chi connectivity index (χ1) is 12.6. The maximum Gasteiger partial charge on any atom is 0.293 e. The molecule has 1 aromatic carbocycles. The molecule has 1 amide bonds. The van der Waals surface area contributed by atoms with Crippen molar-refractivity contribution in [2.75, 3.05) is 25.0 Å². The molecule has 1 saturated heterocycles. The van der Waals surface area contributed by atoms with Gasteiger partial charge in [0.15, 0.2) is 0 Å². The van der Waals surface area contributed by atoms with Crippen molar-refractivity contribution in [2.24, 2.45) is 16.8 Å². The van der Waals surface area contributed by atoms with Gasteiger partial charge in [-0.3, -0.25) is 14.9 Å². The number of carbonyl (C=O) groups is 1. The minimum atomic E-state index is -4.04. The summed E-state index contributed by atoms with van der Waals surface area (Å²) < 4.78 is 22.7. The highest BCUT2D eigenvalue weighted by Crippen LogP contribution is 2.27. The van der Waals surface area contributed by atoms with Crippen LogP contribution < -0.4 is 16.2 Å². The van der Waals surface area contributed by atoms with Gasteiger partial charge in [-0.25, -0.2) is 13.6 Å². The Kier molecular flexibility index (Phi) is 6.73. The van der Waals surface area contributed by atoms with Crippen LogP contribution in [0.4, 0.5) is 11.4 Å². The Morgan fingerprint density at radius 3 is 2.56 bits per heavy atom. The second kappa shape index (κ2) is 8.63. The van der Waals surface area contributed by atoms with E-state index in [4.69, 9.17) is 10.9 Å². The van der Waals surface area contributed by atoms with Crippen molar-refractivity contribution in [3.63, 3.8) is 0 Å². The normalized spacial score (nSPS) is 16.8. The second-order valence-corrected chi connectivity index (χ2v) is 8.30. The monoisotopic (exact) mass is 399 g/mol. The molecule has 1 heterocycles. The summed E-state index contributed by atoms with van der Waals surface area (Å²) in [6, 6.07) is 3.48. The van der Waals surface area contributed by atoms with E-state index < -0.39 is 20.6 Å². The summed E-state index contributed by atoms with van der Waals surface area (Å²) in [5.74, 6) is 0.390. The summed E-state index contributed by atoms with van der Waals surface area (Å²) in [5.41, 5.74) is 5.62. The third kappa shape index (κ3) is 5.62. The predicted molar refractivity (Wildman–Crippen MR) is 101 cm³/mol. The third-order valence-corrected chi connectivity index (χ3v) is 5.70. The molecule has 0 saturated carbocycles. The molecule has 1 aliphatic rings. The molecule has 1 atom stereocenters. The molecule has 10 nitrogen and oxygen atoms in total. The summed E-state index contributed by atoms with van der Waals surface area (Å²) >= 11 is 0. The summed E-state index contributed by atoms with van der Waals surface area (Å²) in [5, 5.41) is 19.0. The lowest BCUT2D eigenvalue weighted by atomic mass is 9.91. The summed E-state index contributed by atoms with van der Waals surface area (Å²) in [6.45, 7) is 3.49. The van der Waals surface area contributed by atoms with E-state index in [9.17, 15) is 23.3 Å². The Bertz CT molecular complexity index is 803. The van der Waals surface area contributed by atoms with Gasteiger partial charge in [0.2, 0.25) is 15.9 Å². The van der Waals surface area contributed by atoms with Gasteiger partial charge in [0.1, 0.15) is 5.69 Å². The molecule has 2 rings (SSSR count). The number of hydrogen-bond acceptors (Lipinski definition) is 7. The molecule has 1 aliphatic heterocycles. The second-order valence-electron chi connectivity index (χ2n) is 6.74. The highest BCUT2D eigenvalue weighted by Gasteiger charge is 2.25. The van der Waals surface area contributed by atoms with Gasteiger partial charge < -0.3 is 16.0 Å². The molecule has 0 aromatic heterocycles. The first kappa shape index (κ1) is 21.1. The Labute approximate surface area is 158 Å². The quantitative estimate of drug-likeness (QED) is 0.447. The molecule has 1 unspecified atom stereocenters. The summed E-state index contributed by atoms with van der Waals surface area (Å²) in [4.78, 5) is 24.2. The van der Waals surface area contributed by atoms with E-state index in [0.717, 1.165) is 18.9 Å². The van der Waals surface area contributed by atoms with E-state index in [1.807, 2.05) is 6.92 Å². The molecule has 0 spiro atoms. The first-order valence-electron chi connectivity index (χ1n) is 8.68. The number of benzene rings is 1. The lowest BCUT2D eigenvalue weighted by molar-refractivity contribution is -0.384. The van der Waals surface area contributed by atoms with Crippen molar-refractivity contribution < 1.29 is 18.1 Å². The standard InChI is InChI=1S/C16H25N5O5S/c1-11(17)12-5-8-20(9-6-12)16(22)4-7-19-14-3-2-13(27(18,25)26)10-15(14)21(23)24/h2-3,10-12,19H,4-9,17H2,1H3,(H2,18,25,26). The van der Waals surface area contributed by atoms with Gasteiger partial charge in [0.05, 0.1) is 9.82 Å². The smallest absolute Gasteiger partial charge is 0.293 e. The molecule has 150 valence electrons. The number of nitro groups is 1. The number of primary sulfonamides is 1. The number of nitrogens with two attached hydrogens (primary N) is 2. The zero-order valence-electron chi connectivity index (χ0n) is 15.1. The van der Waals surface area contributed by atoms with E-state index in [2.05, 4.69) is 5.32 Å². The number of amides is 1. The topological polar surface area (TPSA) is 162 Å². The number of nitrogens with one attached hydrogen (secondary N) is 1. The molecule has 0 aliphatic carbocycles. The molecule has 5 N–H and O–H groups in total.